The molecule has 0 bridgehead atoms. The summed E-state index contributed by atoms with van der Waals surface area (Å²) >= 11 is 0. The predicted octanol–water partition coefficient (Wildman–Crippen LogP) is 1.03. The highest BCUT2D eigenvalue weighted by molar-refractivity contribution is 6.04. The normalized spacial score (nSPS) is 12.0. The maximum atomic E-state index is 12.9. The van der Waals surface area contributed by atoms with Gasteiger partial charge in [0.05, 0.1) is 16.9 Å². The summed E-state index contributed by atoms with van der Waals surface area (Å²) < 4.78 is 2.81. The number of terminal acetylenes is 1. The lowest BCUT2D eigenvalue weighted by Gasteiger charge is -2.17. The number of carbonyl (C=O) groups is 1. The number of anilines is 1. The molecule has 3 N–H and O–H groups in total. The van der Waals surface area contributed by atoms with Crippen LogP contribution in [0, 0.1) is 12.3 Å². The molecule has 0 saturated carbocycles. The van der Waals surface area contributed by atoms with Crippen molar-refractivity contribution in [1.29, 1.82) is 0 Å². The van der Waals surface area contributed by atoms with Crippen LogP contribution in [0.15, 0.2) is 41.5 Å². The van der Waals surface area contributed by atoms with Crippen molar-refractivity contribution in [2.75, 3.05) is 5.73 Å². The molecule has 144 valence electrons. The van der Waals surface area contributed by atoms with E-state index in [9.17, 15) is 9.59 Å². The van der Waals surface area contributed by atoms with Gasteiger partial charge in [0, 0.05) is 25.0 Å². The number of aromatic nitrogens is 5. The van der Waals surface area contributed by atoms with E-state index in [-0.39, 0.29) is 16.9 Å². The van der Waals surface area contributed by atoms with E-state index in [0.717, 1.165) is 0 Å². The number of nitrogens with one attached hydrogen (secondary N) is 1. The second-order valence-corrected chi connectivity index (χ2v) is 6.52. The Bertz CT molecular complexity index is 1380. The summed E-state index contributed by atoms with van der Waals surface area (Å²) in [6.07, 6.45) is 8.70. The van der Waals surface area contributed by atoms with E-state index in [1.165, 1.54) is 9.08 Å². The number of nitrogens with two attached hydrogens (primary N) is 1. The van der Waals surface area contributed by atoms with Gasteiger partial charge in [-0.2, -0.15) is 0 Å². The lowest BCUT2D eigenvalue weighted by atomic mass is 10.1. The third-order valence-corrected chi connectivity index (χ3v) is 4.68. The van der Waals surface area contributed by atoms with Crippen LogP contribution in [-0.4, -0.2) is 30.1 Å². The molecule has 0 aliphatic heterocycles. The van der Waals surface area contributed by atoms with Crippen molar-refractivity contribution in [1.82, 2.24) is 29.5 Å². The quantitative estimate of drug-likeness (QED) is 0.507. The maximum Gasteiger partial charge on any atom is 0.262 e. The summed E-state index contributed by atoms with van der Waals surface area (Å²) in [5, 5.41) is 7.28. The van der Waals surface area contributed by atoms with Gasteiger partial charge in [0.1, 0.15) is 11.4 Å². The molecule has 1 aromatic carbocycles. The molecular weight excluding hydrogens is 370 g/mol. The van der Waals surface area contributed by atoms with Crippen LogP contribution < -0.4 is 16.6 Å². The zero-order chi connectivity index (χ0) is 20.7. The topological polar surface area (TPSA) is 120 Å². The molecule has 0 aliphatic carbocycles. The van der Waals surface area contributed by atoms with E-state index in [0.29, 0.717) is 27.9 Å². The fourth-order valence-electron chi connectivity index (χ4n) is 3.29. The maximum absolute atomic E-state index is 12.9. The molecular formula is C20H17N7O2. The summed E-state index contributed by atoms with van der Waals surface area (Å²) in [5.74, 6) is 2.49. The molecule has 4 rings (SSSR count). The smallest absolute Gasteiger partial charge is 0.262 e. The van der Waals surface area contributed by atoms with Crippen molar-refractivity contribution in [3.63, 3.8) is 0 Å². The summed E-state index contributed by atoms with van der Waals surface area (Å²) in [6, 6.07) is 6.24. The van der Waals surface area contributed by atoms with Crippen molar-refractivity contribution in [2.45, 2.75) is 13.0 Å². The van der Waals surface area contributed by atoms with Gasteiger partial charge in [-0.3, -0.25) is 14.2 Å². The van der Waals surface area contributed by atoms with Gasteiger partial charge in [0.2, 0.25) is 0 Å². The highest BCUT2D eigenvalue weighted by Crippen LogP contribution is 2.19. The van der Waals surface area contributed by atoms with E-state index in [1.807, 2.05) is 0 Å². The first-order chi connectivity index (χ1) is 13.9. The van der Waals surface area contributed by atoms with Crippen molar-refractivity contribution >= 4 is 28.3 Å². The Balaban J connectivity index is 1.74. The van der Waals surface area contributed by atoms with Crippen molar-refractivity contribution in [3.05, 3.63) is 64.0 Å². The number of hydrogen-bond donors (Lipinski definition) is 2. The standard InChI is InChI=1S/C20H17N7O2/c1-4-12-7-5-8-13-14(12)20(29)26(3)17(24-13)11(2)23-19(28)15-16(21)25-27-10-6-9-22-18(15)27/h1,5-11H,2-3H3,(H2,21,25)(H,23,28)/t11-/m1/s1. The first kappa shape index (κ1) is 18.2. The zero-order valence-corrected chi connectivity index (χ0v) is 15.7. The zero-order valence-electron chi connectivity index (χ0n) is 15.7. The average Bonchev–Trinajstić information content (AvgIpc) is 3.05. The first-order valence-electron chi connectivity index (χ1n) is 8.78. The third-order valence-electron chi connectivity index (χ3n) is 4.68. The number of rotatable bonds is 3. The SMILES string of the molecule is C#Cc1cccc2nc([C@@H](C)NC(=O)c3c(N)nn4cccnc34)n(C)c(=O)c12. The Morgan fingerprint density at radius 2 is 2.14 bits per heavy atom. The molecule has 3 heterocycles. The van der Waals surface area contributed by atoms with Gasteiger partial charge in [-0.05, 0) is 25.1 Å². The second-order valence-electron chi connectivity index (χ2n) is 6.52. The van der Waals surface area contributed by atoms with Crippen molar-refractivity contribution in [3.8, 4) is 12.3 Å². The highest BCUT2D eigenvalue weighted by Gasteiger charge is 2.23. The number of carbonyl (C=O) groups excluding carboxylic acids is 1. The Labute approximate surface area is 165 Å². The fourth-order valence-corrected chi connectivity index (χ4v) is 3.29. The van der Waals surface area contributed by atoms with Crippen LogP contribution in [0.3, 0.4) is 0 Å². The minimum Gasteiger partial charge on any atom is -0.381 e. The molecule has 0 radical (unpaired) electrons. The van der Waals surface area contributed by atoms with E-state index in [2.05, 4.69) is 26.3 Å². The van der Waals surface area contributed by atoms with Crippen LogP contribution in [0.4, 0.5) is 5.82 Å². The molecule has 0 spiro atoms. The minimum absolute atomic E-state index is 0.0624. The number of fused-ring (bicyclic) bond motifs is 2. The number of hydrogen-bond acceptors (Lipinski definition) is 6. The molecule has 3 aromatic heterocycles. The number of nitrogens with zero attached hydrogens (tertiary/aromatic N) is 5. The lowest BCUT2D eigenvalue weighted by Crippen LogP contribution is -2.33. The van der Waals surface area contributed by atoms with Gasteiger partial charge in [-0.15, -0.1) is 11.5 Å². The molecule has 9 nitrogen and oxygen atoms in total. The van der Waals surface area contributed by atoms with Gasteiger partial charge in [0.15, 0.2) is 11.5 Å². The predicted molar refractivity (Wildman–Crippen MR) is 108 cm³/mol. The molecule has 9 heteroatoms. The number of nitrogen functional groups attached to an aromatic ring is 1. The Morgan fingerprint density at radius 1 is 1.34 bits per heavy atom. The Morgan fingerprint density at radius 3 is 2.90 bits per heavy atom. The van der Waals surface area contributed by atoms with E-state index >= 15 is 0 Å². The molecule has 1 atom stereocenters. The first-order valence-corrected chi connectivity index (χ1v) is 8.78. The number of benzene rings is 1. The van der Waals surface area contributed by atoms with Gasteiger partial charge in [0.25, 0.3) is 11.5 Å². The van der Waals surface area contributed by atoms with Gasteiger partial charge >= 0.3 is 0 Å². The van der Waals surface area contributed by atoms with E-state index in [4.69, 9.17) is 12.2 Å². The molecule has 29 heavy (non-hydrogen) atoms. The molecule has 4 aromatic rings. The monoisotopic (exact) mass is 387 g/mol. The fraction of sp³-hybridized carbons (Fsp3) is 0.150. The van der Waals surface area contributed by atoms with Crippen molar-refractivity contribution in [2.24, 2.45) is 7.05 Å². The van der Waals surface area contributed by atoms with Crippen molar-refractivity contribution < 1.29 is 4.79 Å². The summed E-state index contributed by atoms with van der Waals surface area (Å²) in [7, 11) is 1.59. The molecule has 0 saturated heterocycles. The van der Waals surface area contributed by atoms with Crippen LogP contribution in [0.2, 0.25) is 0 Å². The van der Waals surface area contributed by atoms with E-state index in [1.54, 1.807) is 50.6 Å². The second kappa shape index (κ2) is 6.76. The van der Waals surface area contributed by atoms with E-state index < -0.39 is 11.9 Å². The largest absolute Gasteiger partial charge is 0.381 e. The van der Waals surface area contributed by atoms with Gasteiger partial charge < -0.3 is 11.1 Å². The lowest BCUT2D eigenvalue weighted by molar-refractivity contribution is 0.0940. The van der Waals surface area contributed by atoms with Crippen LogP contribution in [0.5, 0.6) is 0 Å². The van der Waals surface area contributed by atoms with Crippen LogP contribution in [-0.2, 0) is 7.05 Å². The Hall–Kier alpha value is -4.19. The molecule has 1 amide bonds. The van der Waals surface area contributed by atoms with Crippen LogP contribution in [0.25, 0.3) is 16.6 Å². The number of amides is 1. The summed E-state index contributed by atoms with van der Waals surface area (Å²) in [5.41, 5.74) is 7.08. The third kappa shape index (κ3) is 2.87. The summed E-state index contributed by atoms with van der Waals surface area (Å²) in [6.45, 7) is 1.73. The van der Waals surface area contributed by atoms with Gasteiger partial charge in [-0.25, -0.2) is 14.5 Å². The minimum atomic E-state index is -0.586. The van der Waals surface area contributed by atoms with Crippen LogP contribution in [0.1, 0.15) is 34.7 Å². The molecule has 0 fully saturated rings. The van der Waals surface area contributed by atoms with Gasteiger partial charge in [-0.1, -0.05) is 12.0 Å². The molecule has 0 aliphatic rings. The average molecular weight is 387 g/mol. The van der Waals surface area contributed by atoms with Crippen LogP contribution >= 0.6 is 0 Å². The highest BCUT2D eigenvalue weighted by atomic mass is 16.2. The Kier molecular flexibility index (Phi) is 4.24. The summed E-state index contributed by atoms with van der Waals surface area (Å²) in [4.78, 5) is 34.4. The molecule has 0 unspecified atom stereocenters.